The number of hydrogen-bond donors (Lipinski definition) is 0. The Morgan fingerprint density at radius 2 is 1.03 bits per heavy atom. The second kappa shape index (κ2) is 14.9. The molecule has 0 bridgehead atoms. The molecule has 0 saturated carbocycles. The number of cyclic esters (lactones) is 2. The van der Waals surface area contributed by atoms with Crippen LogP contribution in [-0.2, 0) is 31.9 Å². The largest absolute Gasteiger partial charge is 0.459 e. The minimum absolute atomic E-state index is 0.131. The van der Waals surface area contributed by atoms with E-state index in [9.17, 15) is 9.59 Å². The van der Waals surface area contributed by atoms with Crippen LogP contribution in [0.15, 0.2) is 85.0 Å². The minimum atomic E-state index is -0.271. The molecule has 0 unspecified atom stereocenters. The molecular formula is C30H36O4. The second-order valence-corrected chi connectivity index (χ2v) is 8.83. The SMILES string of the molecule is O=C1/C=C/CCC[C@@H](CCc2ccccc2)OC(=O)/C=C/CCC[C@@H](CCc2ccccc2)O1. The Bertz CT molecular complexity index is 840. The molecule has 34 heavy (non-hydrogen) atoms. The maximum Gasteiger partial charge on any atom is 0.330 e. The molecule has 0 fully saturated rings. The van der Waals surface area contributed by atoms with E-state index in [4.69, 9.17) is 9.47 Å². The molecule has 4 nitrogen and oxygen atoms in total. The third-order valence-corrected chi connectivity index (χ3v) is 6.06. The third kappa shape index (κ3) is 10.2. The van der Waals surface area contributed by atoms with Gasteiger partial charge < -0.3 is 9.47 Å². The predicted molar refractivity (Wildman–Crippen MR) is 135 cm³/mol. The Kier molecular flexibility index (Phi) is 11.2. The monoisotopic (exact) mass is 460 g/mol. The quantitative estimate of drug-likeness (QED) is 0.459. The molecule has 0 aliphatic carbocycles. The summed E-state index contributed by atoms with van der Waals surface area (Å²) in [7, 11) is 0. The van der Waals surface area contributed by atoms with Gasteiger partial charge in [0.2, 0.25) is 0 Å². The van der Waals surface area contributed by atoms with Gasteiger partial charge in [0.1, 0.15) is 12.2 Å². The molecule has 180 valence electrons. The van der Waals surface area contributed by atoms with Crippen molar-refractivity contribution in [2.45, 2.75) is 76.4 Å². The lowest BCUT2D eigenvalue weighted by atomic mass is 10.0. The summed E-state index contributed by atoms with van der Waals surface area (Å²) in [6.45, 7) is 0. The minimum Gasteiger partial charge on any atom is -0.459 e. The van der Waals surface area contributed by atoms with E-state index < -0.39 is 0 Å². The van der Waals surface area contributed by atoms with Crippen molar-refractivity contribution < 1.29 is 19.1 Å². The number of ether oxygens (including phenoxy) is 2. The number of esters is 2. The molecule has 4 heteroatoms. The van der Waals surface area contributed by atoms with Crippen LogP contribution in [-0.4, -0.2) is 24.1 Å². The van der Waals surface area contributed by atoms with Crippen molar-refractivity contribution in [3.63, 3.8) is 0 Å². The van der Waals surface area contributed by atoms with Crippen LogP contribution < -0.4 is 0 Å². The number of aryl methyl sites for hydroxylation is 2. The van der Waals surface area contributed by atoms with E-state index >= 15 is 0 Å². The van der Waals surface area contributed by atoms with Gasteiger partial charge in [-0.2, -0.15) is 0 Å². The number of rotatable bonds is 6. The predicted octanol–water partition coefficient (Wildman–Crippen LogP) is 6.54. The molecule has 1 aliphatic heterocycles. The molecule has 2 atom stereocenters. The topological polar surface area (TPSA) is 52.6 Å². The zero-order chi connectivity index (χ0) is 23.8. The first-order valence-corrected chi connectivity index (χ1v) is 12.5. The van der Waals surface area contributed by atoms with E-state index in [2.05, 4.69) is 24.3 Å². The normalized spacial score (nSPS) is 22.4. The van der Waals surface area contributed by atoms with Crippen molar-refractivity contribution in [2.75, 3.05) is 0 Å². The first-order valence-electron chi connectivity index (χ1n) is 12.5. The van der Waals surface area contributed by atoms with Crippen molar-refractivity contribution in [1.29, 1.82) is 0 Å². The van der Waals surface area contributed by atoms with Crippen LogP contribution in [0, 0.1) is 0 Å². The van der Waals surface area contributed by atoms with E-state index in [1.165, 1.54) is 11.1 Å². The number of benzene rings is 2. The van der Waals surface area contributed by atoms with Crippen LogP contribution in [0.1, 0.15) is 62.5 Å². The molecular weight excluding hydrogens is 424 g/mol. The average molecular weight is 461 g/mol. The fourth-order valence-corrected chi connectivity index (χ4v) is 4.16. The lowest BCUT2D eigenvalue weighted by Crippen LogP contribution is -2.19. The molecule has 0 saturated heterocycles. The van der Waals surface area contributed by atoms with E-state index in [1.54, 1.807) is 12.2 Å². The van der Waals surface area contributed by atoms with Gasteiger partial charge >= 0.3 is 11.9 Å². The van der Waals surface area contributed by atoms with Gasteiger partial charge in [0.05, 0.1) is 0 Å². The number of carbonyl (C=O) groups is 2. The lowest BCUT2D eigenvalue weighted by Gasteiger charge is -2.18. The summed E-state index contributed by atoms with van der Waals surface area (Å²) in [6, 6.07) is 20.5. The van der Waals surface area contributed by atoms with Crippen molar-refractivity contribution in [1.82, 2.24) is 0 Å². The Morgan fingerprint density at radius 1 is 0.618 bits per heavy atom. The zero-order valence-electron chi connectivity index (χ0n) is 19.9. The molecule has 0 radical (unpaired) electrons. The summed E-state index contributed by atoms with van der Waals surface area (Å²) < 4.78 is 11.5. The average Bonchev–Trinajstić information content (AvgIpc) is 2.85. The maximum absolute atomic E-state index is 12.4. The van der Waals surface area contributed by atoms with Crippen molar-refractivity contribution in [3.8, 4) is 0 Å². The maximum atomic E-state index is 12.4. The smallest absolute Gasteiger partial charge is 0.330 e. The molecule has 0 N–H and O–H groups in total. The zero-order valence-corrected chi connectivity index (χ0v) is 19.9. The molecule has 0 amide bonds. The van der Waals surface area contributed by atoms with Crippen molar-refractivity contribution >= 4 is 11.9 Å². The fraction of sp³-hybridized carbons (Fsp3) is 0.400. The van der Waals surface area contributed by atoms with E-state index in [0.717, 1.165) is 64.2 Å². The van der Waals surface area contributed by atoms with E-state index in [0.29, 0.717) is 0 Å². The van der Waals surface area contributed by atoms with Crippen LogP contribution in [0.25, 0.3) is 0 Å². The van der Waals surface area contributed by atoms with Gasteiger partial charge in [-0.3, -0.25) is 0 Å². The van der Waals surface area contributed by atoms with Gasteiger partial charge in [-0.05, 0) is 75.3 Å². The van der Waals surface area contributed by atoms with Crippen LogP contribution in [0.5, 0.6) is 0 Å². The van der Waals surface area contributed by atoms with E-state index in [-0.39, 0.29) is 24.1 Å². The second-order valence-electron chi connectivity index (χ2n) is 8.83. The molecule has 2 aromatic carbocycles. The summed E-state index contributed by atoms with van der Waals surface area (Å²) in [5.41, 5.74) is 2.48. The summed E-state index contributed by atoms with van der Waals surface area (Å²) in [4.78, 5) is 24.7. The molecule has 3 rings (SSSR count). The highest BCUT2D eigenvalue weighted by Crippen LogP contribution is 2.17. The standard InChI is InChI=1S/C30H36O4/c31-29-19-12-4-10-18-28(24-22-26-15-7-2-8-16-26)34-30(32)20-11-3-9-17-27(33-29)23-21-25-13-5-1-6-14-25/h1-2,5-8,11-16,19-20,27-28H,3-4,9-10,17-18,21-24H2/b19-12+,20-11+/t27-,28-/m0/s1. The highest BCUT2D eigenvalue weighted by atomic mass is 16.5. The van der Waals surface area contributed by atoms with Crippen LogP contribution >= 0.6 is 0 Å². The van der Waals surface area contributed by atoms with Gasteiger partial charge in [-0.15, -0.1) is 0 Å². The lowest BCUT2D eigenvalue weighted by molar-refractivity contribution is -0.144. The summed E-state index contributed by atoms with van der Waals surface area (Å²) in [5, 5.41) is 0. The van der Waals surface area contributed by atoms with Crippen LogP contribution in [0.2, 0.25) is 0 Å². The highest BCUT2D eigenvalue weighted by molar-refractivity contribution is 5.82. The summed E-state index contributed by atoms with van der Waals surface area (Å²) in [5.74, 6) is -0.541. The Hall–Kier alpha value is -3.14. The van der Waals surface area contributed by atoms with Crippen LogP contribution in [0.3, 0.4) is 0 Å². The molecule has 1 heterocycles. The number of carbonyl (C=O) groups excluding carboxylic acids is 2. The molecule has 0 aromatic heterocycles. The Labute approximate surface area is 203 Å². The number of hydrogen-bond acceptors (Lipinski definition) is 4. The highest BCUT2D eigenvalue weighted by Gasteiger charge is 2.15. The summed E-state index contributed by atoms with van der Waals surface area (Å²) in [6.07, 6.45) is 14.6. The molecule has 0 spiro atoms. The van der Waals surface area contributed by atoms with Gasteiger partial charge in [0.25, 0.3) is 0 Å². The van der Waals surface area contributed by atoms with Crippen molar-refractivity contribution in [2.24, 2.45) is 0 Å². The first-order chi connectivity index (χ1) is 16.7. The van der Waals surface area contributed by atoms with Crippen LogP contribution in [0.4, 0.5) is 0 Å². The fourth-order valence-electron chi connectivity index (χ4n) is 4.16. The third-order valence-electron chi connectivity index (χ3n) is 6.06. The van der Waals surface area contributed by atoms with Crippen molar-refractivity contribution in [3.05, 3.63) is 96.1 Å². The Balaban J connectivity index is 1.54. The molecule has 2 aromatic rings. The number of allylic oxidation sites excluding steroid dienone is 2. The summed E-state index contributed by atoms with van der Waals surface area (Å²) >= 11 is 0. The van der Waals surface area contributed by atoms with E-state index in [1.807, 2.05) is 48.6 Å². The van der Waals surface area contributed by atoms with Gasteiger partial charge in [0.15, 0.2) is 0 Å². The first kappa shape index (κ1) is 25.5. The van der Waals surface area contributed by atoms with Gasteiger partial charge in [-0.25, -0.2) is 9.59 Å². The van der Waals surface area contributed by atoms with Gasteiger partial charge in [-0.1, -0.05) is 72.8 Å². The van der Waals surface area contributed by atoms with Gasteiger partial charge in [0, 0.05) is 12.2 Å². The molecule has 1 aliphatic rings. The Morgan fingerprint density at radius 3 is 1.44 bits per heavy atom.